The zero-order valence-corrected chi connectivity index (χ0v) is 18.9. The summed E-state index contributed by atoms with van der Waals surface area (Å²) in [6.45, 7) is 5.08. The number of nitrogens with zero attached hydrogens (tertiary/aromatic N) is 2. The van der Waals surface area contributed by atoms with Crippen LogP contribution in [0.3, 0.4) is 0 Å². The molecule has 1 aromatic heterocycles. The van der Waals surface area contributed by atoms with E-state index in [0.29, 0.717) is 24.3 Å². The van der Waals surface area contributed by atoms with Crippen LogP contribution in [-0.4, -0.2) is 30.0 Å². The number of carbonyl (C=O) groups is 2. The lowest BCUT2D eigenvalue weighted by molar-refractivity contribution is -0.142. The van der Waals surface area contributed by atoms with Crippen LogP contribution in [0.2, 0.25) is 0 Å². The normalized spacial score (nSPS) is 12.1. The second-order valence-corrected chi connectivity index (χ2v) is 7.57. The number of rotatable bonds is 9. The van der Waals surface area contributed by atoms with Crippen molar-refractivity contribution in [3.63, 3.8) is 0 Å². The van der Waals surface area contributed by atoms with E-state index in [1.54, 1.807) is 61.7 Å². The molecular formula is C27H26N2O4. The van der Waals surface area contributed by atoms with Crippen LogP contribution in [0.4, 0.5) is 0 Å². The number of aromatic nitrogens is 1. The van der Waals surface area contributed by atoms with Crippen LogP contribution in [0.25, 0.3) is 6.08 Å². The molecule has 0 amide bonds. The summed E-state index contributed by atoms with van der Waals surface area (Å²) in [7, 11) is 1.64. The van der Waals surface area contributed by atoms with Gasteiger partial charge in [-0.1, -0.05) is 60.7 Å². The van der Waals surface area contributed by atoms with Gasteiger partial charge in [0, 0.05) is 36.2 Å². The van der Waals surface area contributed by atoms with Crippen molar-refractivity contribution in [1.29, 1.82) is 5.26 Å². The van der Waals surface area contributed by atoms with Crippen LogP contribution in [0.5, 0.6) is 0 Å². The Morgan fingerprint density at radius 1 is 1.06 bits per heavy atom. The summed E-state index contributed by atoms with van der Waals surface area (Å²) < 4.78 is 12.8. The molecule has 0 radical (unpaired) electrons. The van der Waals surface area contributed by atoms with Crippen LogP contribution in [0.15, 0.2) is 72.3 Å². The Morgan fingerprint density at radius 3 is 2.30 bits per heavy atom. The van der Waals surface area contributed by atoms with Crippen LogP contribution >= 0.6 is 0 Å². The molecule has 6 nitrogen and oxygen atoms in total. The minimum Gasteiger partial charge on any atom is -0.445 e. The molecule has 0 saturated carbocycles. The second-order valence-electron chi connectivity index (χ2n) is 7.57. The molecular weight excluding hydrogens is 416 g/mol. The Kier molecular flexibility index (Phi) is 7.96. The second kappa shape index (κ2) is 11.1. The molecule has 0 aliphatic rings. The molecule has 0 saturated heterocycles. The van der Waals surface area contributed by atoms with Crippen molar-refractivity contribution < 1.29 is 19.1 Å². The first kappa shape index (κ1) is 23.7. The molecule has 2 aromatic carbocycles. The topological polar surface area (TPSA) is 81.3 Å². The number of hydrogen-bond donors (Lipinski definition) is 0. The Labute approximate surface area is 193 Å². The highest BCUT2D eigenvalue weighted by molar-refractivity contribution is 6.04. The van der Waals surface area contributed by atoms with Gasteiger partial charge in [0.2, 0.25) is 5.78 Å². The summed E-state index contributed by atoms with van der Waals surface area (Å²) in [6, 6.07) is 21.3. The summed E-state index contributed by atoms with van der Waals surface area (Å²) >= 11 is 0. The molecule has 0 aliphatic heterocycles. The Bertz CT molecular complexity index is 1190. The van der Waals surface area contributed by atoms with Crippen molar-refractivity contribution in [2.45, 2.75) is 26.5 Å². The van der Waals surface area contributed by atoms with Gasteiger partial charge in [-0.3, -0.25) is 4.79 Å². The average Bonchev–Trinajstić information content (AvgIpc) is 3.11. The first-order valence-corrected chi connectivity index (χ1v) is 10.6. The fraction of sp³-hybridized carbons (Fsp3) is 0.222. The quantitative estimate of drug-likeness (QED) is 0.205. The maximum Gasteiger partial charge on any atom is 0.349 e. The Balaban J connectivity index is 1.91. The van der Waals surface area contributed by atoms with Gasteiger partial charge in [0.15, 0.2) is 6.10 Å². The molecule has 0 fully saturated rings. The van der Waals surface area contributed by atoms with E-state index in [2.05, 4.69) is 4.57 Å². The number of Topliss-reactive ketones (excluding diaryl/α,β-unsaturated/α-hetero) is 1. The van der Waals surface area contributed by atoms with Crippen molar-refractivity contribution in [3.8, 4) is 6.07 Å². The van der Waals surface area contributed by atoms with Gasteiger partial charge < -0.3 is 14.0 Å². The molecule has 0 bridgehead atoms. The van der Waals surface area contributed by atoms with Crippen molar-refractivity contribution in [1.82, 2.24) is 4.57 Å². The number of nitriles is 1. The van der Waals surface area contributed by atoms with Crippen molar-refractivity contribution in [2.24, 2.45) is 0 Å². The molecule has 1 unspecified atom stereocenters. The molecule has 168 valence electrons. The van der Waals surface area contributed by atoms with Crippen LogP contribution < -0.4 is 0 Å². The van der Waals surface area contributed by atoms with E-state index < -0.39 is 12.1 Å². The van der Waals surface area contributed by atoms with Crippen molar-refractivity contribution >= 4 is 17.8 Å². The van der Waals surface area contributed by atoms with Gasteiger partial charge in [0.1, 0.15) is 11.6 Å². The van der Waals surface area contributed by atoms with Gasteiger partial charge in [-0.05, 0) is 31.6 Å². The predicted molar refractivity (Wildman–Crippen MR) is 125 cm³/mol. The maximum absolute atomic E-state index is 13.2. The first-order chi connectivity index (χ1) is 16.0. The summed E-state index contributed by atoms with van der Waals surface area (Å²) in [5.41, 5.74) is 3.41. The van der Waals surface area contributed by atoms with E-state index >= 15 is 0 Å². The molecule has 3 aromatic rings. The number of ketones is 1. The zero-order valence-electron chi connectivity index (χ0n) is 18.9. The molecule has 1 atom stereocenters. The first-order valence-electron chi connectivity index (χ1n) is 10.6. The summed E-state index contributed by atoms with van der Waals surface area (Å²) in [5.74, 6) is -1.21. The highest BCUT2D eigenvalue weighted by Gasteiger charge is 2.27. The molecule has 0 aliphatic carbocycles. The standard InChI is InChI=1S/C27H26N2O4/c1-19-16-23(20(2)29(19)14-15-32-3)17-24(18-28)27(31)33-26(22-12-8-5-9-13-22)25(30)21-10-6-4-7-11-21/h4-13,16-17,26H,14-15H2,1-3H3/b24-17+. The van der Waals surface area contributed by atoms with E-state index in [0.717, 1.165) is 17.0 Å². The van der Waals surface area contributed by atoms with Crippen LogP contribution in [0.1, 0.15) is 39.0 Å². The lowest BCUT2D eigenvalue weighted by Crippen LogP contribution is -2.21. The van der Waals surface area contributed by atoms with Gasteiger partial charge in [-0.25, -0.2) is 4.79 Å². The smallest absolute Gasteiger partial charge is 0.349 e. The SMILES string of the molecule is COCCn1c(C)cc(/C=C(\C#N)C(=O)OC(C(=O)c2ccccc2)c2ccccc2)c1C. The van der Waals surface area contributed by atoms with Gasteiger partial charge in [0.25, 0.3) is 0 Å². The van der Waals surface area contributed by atoms with E-state index in [9.17, 15) is 14.9 Å². The minimum absolute atomic E-state index is 0.177. The van der Waals surface area contributed by atoms with E-state index in [-0.39, 0.29) is 11.4 Å². The monoisotopic (exact) mass is 442 g/mol. The number of aryl methyl sites for hydroxylation is 1. The third kappa shape index (κ3) is 5.65. The van der Waals surface area contributed by atoms with Crippen molar-refractivity contribution in [3.05, 3.63) is 100 Å². The molecule has 6 heteroatoms. The number of methoxy groups -OCH3 is 1. The van der Waals surface area contributed by atoms with Gasteiger partial charge in [-0.15, -0.1) is 0 Å². The maximum atomic E-state index is 13.2. The van der Waals surface area contributed by atoms with E-state index in [1.165, 1.54) is 6.08 Å². The van der Waals surface area contributed by atoms with Gasteiger partial charge >= 0.3 is 5.97 Å². The van der Waals surface area contributed by atoms with Crippen LogP contribution in [-0.2, 0) is 20.8 Å². The minimum atomic E-state index is -1.16. The Hall–Kier alpha value is -3.95. The highest BCUT2D eigenvalue weighted by atomic mass is 16.5. The van der Waals surface area contributed by atoms with Crippen LogP contribution in [0, 0.1) is 25.2 Å². The number of hydrogen-bond acceptors (Lipinski definition) is 5. The number of carbonyl (C=O) groups excluding carboxylic acids is 2. The molecule has 0 N–H and O–H groups in total. The summed E-state index contributed by atoms with van der Waals surface area (Å²) in [5, 5.41) is 9.67. The number of benzene rings is 2. The Morgan fingerprint density at radius 2 is 1.70 bits per heavy atom. The summed E-state index contributed by atoms with van der Waals surface area (Å²) in [6.07, 6.45) is 0.343. The third-order valence-corrected chi connectivity index (χ3v) is 5.40. The van der Waals surface area contributed by atoms with Crippen molar-refractivity contribution in [2.75, 3.05) is 13.7 Å². The largest absolute Gasteiger partial charge is 0.445 e. The predicted octanol–water partition coefficient (Wildman–Crippen LogP) is 4.83. The lowest BCUT2D eigenvalue weighted by Gasteiger charge is -2.17. The third-order valence-electron chi connectivity index (χ3n) is 5.40. The summed E-state index contributed by atoms with van der Waals surface area (Å²) in [4.78, 5) is 26.1. The molecule has 0 spiro atoms. The molecule has 33 heavy (non-hydrogen) atoms. The van der Waals surface area contributed by atoms with E-state index in [4.69, 9.17) is 9.47 Å². The lowest BCUT2D eigenvalue weighted by atomic mass is 9.99. The molecule has 1 heterocycles. The highest BCUT2D eigenvalue weighted by Crippen LogP contribution is 2.25. The fourth-order valence-corrected chi connectivity index (χ4v) is 3.62. The number of esters is 1. The fourth-order valence-electron chi connectivity index (χ4n) is 3.62. The average molecular weight is 443 g/mol. The zero-order chi connectivity index (χ0) is 23.8. The number of ether oxygens (including phenoxy) is 2. The van der Waals surface area contributed by atoms with E-state index in [1.807, 2.05) is 32.0 Å². The van der Waals surface area contributed by atoms with Gasteiger partial charge in [-0.2, -0.15) is 5.26 Å². The molecule has 3 rings (SSSR count). The van der Waals surface area contributed by atoms with Gasteiger partial charge in [0.05, 0.1) is 6.61 Å².